The fourth-order valence-electron chi connectivity index (χ4n) is 3.28. The van der Waals surface area contributed by atoms with Gasteiger partial charge in [-0.1, -0.05) is 54.2 Å². The third-order valence-corrected chi connectivity index (χ3v) is 6.21. The normalized spacial score (nSPS) is 14.8. The molecule has 0 bridgehead atoms. The first-order valence-electron chi connectivity index (χ1n) is 9.51. The molecule has 1 aliphatic carbocycles. The SMILES string of the molecule is C[C@@H](c1ccccc1)N(C)C(=O)CSc1nc2ccccc2c(=O)n1C1CC1. The predicted octanol–water partition coefficient (Wildman–Crippen LogP) is 4.04. The van der Waals surface area contributed by atoms with E-state index in [9.17, 15) is 9.59 Å². The molecule has 5 nitrogen and oxygen atoms in total. The summed E-state index contributed by atoms with van der Waals surface area (Å²) in [6, 6.07) is 17.6. The smallest absolute Gasteiger partial charge is 0.262 e. The number of benzene rings is 2. The third kappa shape index (κ3) is 3.69. The second-order valence-electron chi connectivity index (χ2n) is 7.20. The van der Waals surface area contributed by atoms with E-state index in [0.717, 1.165) is 18.4 Å². The number of carbonyl (C=O) groups excluding carboxylic acids is 1. The number of nitrogens with zero attached hydrogens (tertiary/aromatic N) is 3. The average molecular weight is 394 g/mol. The van der Waals surface area contributed by atoms with Gasteiger partial charge in [-0.15, -0.1) is 0 Å². The maximum atomic E-state index is 12.9. The quantitative estimate of drug-likeness (QED) is 0.468. The predicted molar refractivity (Wildman–Crippen MR) is 113 cm³/mol. The lowest BCUT2D eigenvalue weighted by molar-refractivity contribution is -0.128. The fourth-order valence-corrected chi connectivity index (χ4v) is 4.27. The van der Waals surface area contributed by atoms with Crippen LogP contribution >= 0.6 is 11.8 Å². The highest BCUT2D eigenvalue weighted by Crippen LogP contribution is 2.37. The van der Waals surface area contributed by atoms with Crippen LogP contribution in [0.5, 0.6) is 0 Å². The molecule has 2 aromatic carbocycles. The zero-order valence-electron chi connectivity index (χ0n) is 16.0. The lowest BCUT2D eigenvalue weighted by atomic mass is 10.1. The van der Waals surface area contributed by atoms with Gasteiger partial charge in [0.05, 0.1) is 22.7 Å². The van der Waals surface area contributed by atoms with Crippen LogP contribution in [0.1, 0.15) is 37.4 Å². The van der Waals surface area contributed by atoms with Gasteiger partial charge in [-0.3, -0.25) is 14.2 Å². The number of carbonyl (C=O) groups is 1. The Morgan fingerprint density at radius 1 is 1.18 bits per heavy atom. The first-order chi connectivity index (χ1) is 13.6. The van der Waals surface area contributed by atoms with E-state index in [2.05, 4.69) is 4.98 Å². The number of thioether (sulfide) groups is 1. The highest BCUT2D eigenvalue weighted by molar-refractivity contribution is 7.99. The summed E-state index contributed by atoms with van der Waals surface area (Å²) in [5, 5.41) is 1.28. The number of hydrogen-bond acceptors (Lipinski definition) is 4. The average Bonchev–Trinajstić information content (AvgIpc) is 3.56. The number of hydrogen-bond donors (Lipinski definition) is 0. The van der Waals surface area contributed by atoms with Crippen molar-refractivity contribution in [2.75, 3.05) is 12.8 Å². The molecule has 0 unspecified atom stereocenters. The Bertz CT molecular complexity index is 1060. The molecular formula is C22H23N3O2S. The van der Waals surface area contributed by atoms with Crippen molar-refractivity contribution in [2.45, 2.75) is 37.0 Å². The van der Waals surface area contributed by atoms with Crippen LogP contribution in [0.25, 0.3) is 10.9 Å². The molecule has 1 aromatic heterocycles. The molecule has 4 rings (SSSR count). The van der Waals surface area contributed by atoms with Crippen LogP contribution in [0, 0.1) is 0 Å². The Morgan fingerprint density at radius 2 is 1.86 bits per heavy atom. The summed E-state index contributed by atoms with van der Waals surface area (Å²) in [6.07, 6.45) is 1.98. The van der Waals surface area contributed by atoms with Crippen molar-refractivity contribution in [2.24, 2.45) is 0 Å². The molecule has 0 radical (unpaired) electrons. The Labute approximate surface area is 168 Å². The standard InChI is InChI=1S/C22H23N3O2S/c1-15(16-8-4-3-5-9-16)24(2)20(26)14-28-22-23-19-11-7-6-10-18(19)21(27)25(22)17-12-13-17/h3-11,15,17H,12-14H2,1-2H3/t15-/m0/s1. The Balaban J connectivity index is 1.54. The number of rotatable bonds is 6. The maximum Gasteiger partial charge on any atom is 0.262 e. The number of fused-ring (bicyclic) bond motifs is 1. The van der Waals surface area contributed by atoms with Gasteiger partial charge in [0.15, 0.2) is 5.16 Å². The number of para-hydroxylation sites is 1. The minimum Gasteiger partial charge on any atom is -0.338 e. The summed E-state index contributed by atoms with van der Waals surface area (Å²) >= 11 is 1.35. The van der Waals surface area contributed by atoms with E-state index in [1.807, 2.05) is 68.6 Å². The lowest BCUT2D eigenvalue weighted by Gasteiger charge is -2.25. The molecule has 0 aliphatic heterocycles. The molecule has 0 spiro atoms. The third-order valence-electron chi connectivity index (χ3n) is 5.27. The van der Waals surface area contributed by atoms with Crippen molar-refractivity contribution in [3.05, 3.63) is 70.5 Å². The Hall–Kier alpha value is -2.60. The maximum absolute atomic E-state index is 12.9. The first kappa shape index (κ1) is 18.7. The van der Waals surface area contributed by atoms with Crippen molar-refractivity contribution in [1.29, 1.82) is 0 Å². The van der Waals surface area contributed by atoms with E-state index in [0.29, 0.717) is 16.1 Å². The molecule has 144 valence electrons. The van der Waals surface area contributed by atoms with Gasteiger partial charge in [-0.05, 0) is 37.5 Å². The van der Waals surface area contributed by atoms with Crippen LogP contribution in [0.2, 0.25) is 0 Å². The van der Waals surface area contributed by atoms with Gasteiger partial charge < -0.3 is 4.90 Å². The van der Waals surface area contributed by atoms with Crippen LogP contribution in [0.4, 0.5) is 0 Å². The fraction of sp³-hybridized carbons (Fsp3) is 0.318. The van der Waals surface area contributed by atoms with Gasteiger partial charge in [0.1, 0.15) is 0 Å². The molecule has 3 aromatic rings. The Kier molecular flexibility index (Phi) is 5.22. The second kappa shape index (κ2) is 7.80. The minimum atomic E-state index is -0.00973. The molecule has 1 aliphatic rings. The van der Waals surface area contributed by atoms with Crippen LogP contribution in [0.3, 0.4) is 0 Å². The Morgan fingerprint density at radius 3 is 2.57 bits per heavy atom. The van der Waals surface area contributed by atoms with Gasteiger partial charge in [0.25, 0.3) is 5.56 Å². The summed E-state index contributed by atoms with van der Waals surface area (Å²) in [5.74, 6) is 0.275. The van der Waals surface area contributed by atoms with Crippen molar-refractivity contribution >= 4 is 28.6 Å². The summed E-state index contributed by atoms with van der Waals surface area (Å²) < 4.78 is 1.78. The van der Waals surface area contributed by atoms with E-state index < -0.39 is 0 Å². The van der Waals surface area contributed by atoms with E-state index in [-0.39, 0.29) is 29.3 Å². The lowest BCUT2D eigenvalue weighted by Crippen LogP contribution is -2.31. The summed E-state index contributed by atoms with van der Waals surface area (Å²) in [6.45, 7) is 2.02. The highest BCUT2D eigenvalue weighted by Gasteiger charge is 2.29. The molecule has 1 atom stereocenters. The zero-order chi connectivity index (χ0) is 19.7. The van der Waals surface area contributed by atoms with Gasteiger partial charge in [-0.25, -0.2) is 4.98 Å². The molecule has 0 saturated heterocycles. The van der Waals surface area contributed by atoms with E-state index in [1.54, 1.807) is 9.47 Å². The topological polar surface area (TPSA) is 55.2 Å². The minimum absolute atomic E-state index is 0.00550. The number of aromatic nitrogens is 2. The molecule has 28 heavy (non-hydrogen) atoms. The zero-order valence-corrected chi connectivity index (χ0v) is 16.9. The van der Waals surface area contributed by atoms with Gasteiger partial charge in [-0.2, -0.15) is 0 Å². The van der Waals surface area contributed by atoms with Crippen molar-refractivity contribution in [3.63, 3.8) is 0 Å². The van der Waals surface area contributed by atoms with Crippen molar-refractivity contribution < 1.29 is 4.79 Å². The summed E-state index contributed by atoms with van der Waals surface area (Å²) in [4.78, 5) is 32.1. The van der Waals surface area contributed by atoms with Gasteiger partial charge in [0.2, 0.25) is 5.91 Å². The molecule has 1 amide bonds. The van der Waals surface area contributed by atoms with Crippen LogP contribution in [-0.2, 0) is 4.79 Å². The van der Waals surface area contributed by atoms with E-state index >= 15 is 0 Å². The van der Waals surface area contributed by atoms with Crippen LogP contribution in [-0.4, -0.2) is 33.2 Å². The van der Waals surface area contributed by atoms with Crippen LogP contribution in [0.15, 0.2) is 64.5 Å². The van der Waals surface area contributed by atoms with Gasteiger partial charge >= 0.3 is 0 Å². The molecule has 0 N–H and O–H groups in total. The van der Waals surface area contributed by atoms with Gasteiger partial charge in [0, 0.05) is 13.1 Å². The van der Waals surface area contributed by atoms with E-state index in [4.69, 9.17) is 0 Å². The molecule has 1 fully saturated rings. The highest BCUT2D eigenvalue weighted by atomic mass is 32.2. The molecule has 1 saturated carbocycles. The summed E-state index contributed by atoms with van der Waals surface area (Å²) in [7, 11) is 1.82. The van der Waals surface area contributed by atoms with Crippen molar-refractivity contribution in [3.8, 4) is 0 Å². The first-order valence-corrected chi connectivity index (χ1v) is 10.5. The molecule has 1 heterocycles. The largest absolute Gasteiger partial charge is 0.338 e. The second-order valence-corrected chi connectivity index (χ2v) is 8.14. The summed E-state index contributed by atoms with van der Waals surface area (Å²) in [5.41, 5.74) is 1.78. The van der Waals surface area contributed by atoms with Crippen molar-refractivity contribution in [1.82, 2.24) is 14.5 Å². The van der Waals surface area contributed by atoms with E-state index in [1.165, 1.54) is 11.8 Å². The number of amides is 1. The van der Waals surface area contributed by atoms with Crippen LogP contribution < -0.4 is 5.56 Å². The molecule has 6 heteroatoms. The monoisotopic (exact) mass is 393 g/mol. The molecular weight excluding hydrogens is 370 g/mol.